The summed E-state index contributed by atoms with van der Waals surface area (Å²) in [5.41, 5.74) is 4.31. The second-order valence-electron chi connectivity index (χ2n) is 4.54. The van der Waals surface area contributed by atoms with Gasteiger partial charge >= 0.3 is 5.97 Å². The SMILES string of the molecule is Cc1ccc(-c2cnc(C(C)C(=O)O)[nH]2)cc1C. The van der Waals surface area contributed by atoms with Crippen molar-refractivity contribution in [3.05, 3.63) is 41.3 Å². The van der Waals surface area contributed by atoms with Crippen molar-refractivity contribution in [2.45, 2.75) is 26.7 Å². The number of aryl methyl sites for hydroxylation is 2. The molecule has 1 aromatic heterocycles. The van der Waals surface area contributed by atoms with Gasteiger partial charge in [-0.25, -0.2) is 4.98 Å². The highest BCUT2D eigenvalue weighted by Crippen LogP contribution is 2.22. The van der Waals surface area contributed by atoms with Crippen LogP contribution in [0, 0.1) is 13.8 Å². The first-order valence-corrected chi connectivity index (χ1v) is 5.84. The molecule has 18 heavy (non-hydrogen) atoms. The first-order valence-electron chi connectivity index (χ1n) is 5.84. The lowest BCUT2D eigenvalue weighted by Gasteiger charge is -2.04. The number of carbonyl (C=O) groups is 1. The third kappa shape index (κ3) is 2.27. The van der Waals surface area contributed by atoms with Crippen LogP contribution in [0.5, 0.6) is 0 Å². The zero-order chi connectivity index (χ0) is 13.3. The molecule has 0 aliphatic rings. The second-order valence-corrected chi connectivity index (χ2v) is 4.54. The average Bonchev–Trinajstić information content (AvgIpc) is 2.81. The van der Waals surface area contributed by atoms with E-state index in [0.29, 0.717) is 5.82 Å². The molecule has 0 radical (unpaired) electrons. The number of nitrogens with zero attached hydrogens (tertiary/aromatic N) is 1. The predicted molar refractivity (Wildman–Crippen MR) is 69.5 cm³/mol. The molecule has 0 spiro atoms. The van der Waals surface area contributed by atoms with Crippen LogP contribution in [0.15, 0.2) is 24.4 Å². The molecule has 1 heterocycles. The molecule has 94 valence electrons. The van der Waals surface area contributed by atoms with E-state index >= 15 is 0 Å². The lowest BCUT2D eigenvalue weighted by atomic mass is 10.0. The van der Waals surface area contributed by atoms with Gasteiger partial charge in [0.05, 0.1) is 11.9 Å². The number of benzene rings is 1. The van der Waals surface area contributed by atoms with Crippen molar-refractivity contribution in [2.75, 3.05) is 0 Å². The quantitative estimate of drug-likeness (QED) is 0.872. The van der Waals surface area contributed by atoms with Gasteiger partial charge < -0.3 is 10.1 Å². The molecule has 2 N–H and O–H groups in total. The van der Waals surface area contributed by atoms with Gasteiger partial charge in [0.25, 0.3) is 0 Å². The van der Waals surface area contributed by atoms with Gasteiger partial charge in [0.2, 0.25) is 0 Å². The molecule has 0 aliphatic heterocycles. The second kappa shape index (κ2) is 4.64. The fraction of sp³-hybridized carbons (Fsp3) is 0.286. The number of carboxylic acids is 1. The molecule has 4 heteroatoms. The Morgan fingerprint density at radius 1 is 1.33 bits per heavy atom. The van der Waals surface area contributed by atoms with Crippen LogP contribution in [0.2, 0.25) is 0 Å². The van der Waals surface area contributed by atoms with Crippen LogP contribution in [0.3, 0.4) is 0 Å². The van der Waals surface area contributed by atoms with Crippen molar-refractivity contribution in [3.63, 3.8) is 0 Å². The van der Waals surface area contributed by atoms with E-state index in [2.05, 4.69) is 29.9 Å². The number of hydrogen-bond donors (Lipinski definition) is 2. The fourth-order valence-corrected chi connectivity index (χ4v) is 1.73. The maximum Gasteiger partial charge on any atom is 0.313 e. The lowest BCUT2D eigenvalue weighted by Crippen LogP contribution is -2.08. The van der Waals surface area contributed by atoms with Gasteiger partial charge in [0.15, 0.2) is 0 Å². The van der Waals surface area contributed by atoms with Gasteiger partial charge in [-0.3, -0.25) is 4.79 Å². The number of H-pyrrole nitrogens is 1. The molecular weight excluding hydrogens is 228 g/mol. The molecule has 0 bridgehead atoms. The Hall–Kier alpha value is -2.10. The molecule has 1 atom stereocenters. The zero-order valence-electron chi connectivity index (χ0n) is 10.7. The highest BCUT2D eigenvalue weighted by atomic mass is 16.4. The number of carboxylic acid groups (broad SMARTS) is 1. The van der Waals surface area contributed by atoms with E-state index in [4.69, 9.17) is 5.11 Å². The molecule has 4 nitrogen and oxygen atoms in total. The number of aromatic amines is 1. The molecule has 0 fully saturated rings. The third-order valence-electron chi connectivity index (χ3n) is 3.19. The Bertz CT molecular complexity index is 587. The number of aromatic nitrogens is 2. The van der Waals surface area contributed by atoms with Crippen LogP contribution < -0.4 is 0 Å². The molecular formula is C14H16N2O2. The summed E-state index contributed by atoms with van der Waals surface area (Å²) < 4.78 is 0. The van der Waals surface area contributed by atoms with Crippen molar-refractivity contribution in [2.24, 2.45) is 0 Å². The summed E-state index contributed by atoms with van der Waals surface area (Å²) in [6.45, 7) is 5.73. The number of hydrogen-bond acceptors (Lipinski definition) is 2. The van der Waals surface area contributed by atoms with Crippen molar-refractivity contribution >= 4 is 5.97 Å². The van der Waals surface area contributed by atoms with E-state index in [9.17, 15) is 4.79 Å². The summed E-state index contributed by atoms with van der Waals surface area (Å²) in [6.07, 6.45) is 1.68. The van der Waals surface area contributed by atoms with E-state index in [1.54, 1.807) is 13.1 Å². The van der Waals surface area contributed by atoms with Crippen LogP contribution in [0.4, 0.5) is 0 Å². The minimum atomic E-state index is -0.879. The van der Waals surface area contributed by atoms with Gasteiger partial charge in [-0.1, -0.05) is 12.1 Å². The van der Waals surface area contributed by atoms with Crippen molar-refractivity contribution in [1.82, 2.24) is 9.97 Å². The summed E-state index contributed by atoms with van der Waals surface area (Å²) in [5, 5.41) is 8.94. The Morgan fingerprint density at radius 2 is 2.06 bits per heavy atom. The van der Waals surface area contributed by atoms with E-state index in [1.807, 2.05) is 12.1 Å². The van der Waals surface area contributed by atoms with Crippen LogP contribution in [0.25, 0.3) is 11.3 Å². The predicted octanol–water partition coefficient (Wildman–Crippen LogP) is 2.88. The Morgan fingerprint density at radius 3 is 2.67 bits per heavy atom. The maximum atomic E-state index is 10.9. The Balaban J connectivity index is 2.35. The maximum absolute atomic E-state index is 10.9. The minimum Gasteiger partial charge on any atom is -0.481 e. The summed E-state index contributed by atoms with van der Waals surface area (Å²) in [6, 6.07) is 6.12. The normalized spacial score (nSPS) is 12.4. The zero-order valence-corrected chi connectivity index (χ0v) is 10.7. The van der Waals surface area contributed by atoms with Crippen molar-refractivity contribution < 1.29 is 9.90 Å². The number of imidazole rings is 1. The van der Waals surface area contributed by atoms with Crippen molar-refractivity contribution in [3.8, 4) is 11.3 Å². The van der Waals surface area contributed by atoms with Gasteiger partial charge in [-0.05, 0) is 43.5 Å². The minimum absolute atomic E-state index is 0.482. The highest BCUT2D eigenvalue weighted by Gasteiger charge is 2.17. The molecule has 0 aliphatic carbocycles. The smallest absolute Gasteiger partial charge is 0.313 e. The third-order valence-corrected chi connectivity index (χ3v) is 3.19. The Kier molecular flexibility index (Phi) is 3.19. The summed E-state index contributed by atoms with van der Waals surface area (Å²) in [5.74, 6) is -1.02. The molecule has 0 saturated carbocycles. The van der Waals surface area contributed by atoms with E-state index in [1.165, 1.54) is 11.1 Å². The first kappa shape index (κ1) is 12.4. The summed E-state index contributed by atoms with van der Waals surface area (Å²) in [4.78, 5) is 18.1. The van der Waals surface area contributed by atoms with Crippen molar-refractivity contribution in [1.29, 1.82) is 0 Å². The largest absolute Gasteiger partial charge is 0.481 e. The summed E-state index contributed by atoms with van der Waals surface area (Å²) >= 11 is 0. The van der Waals surface area contributed by atoms with E-state index in [-0.39, 0.29) is 0 Å². The molecule has 2 rings (SSSR count). The van der Waals surface area contributed by atoms with Gasteiger partial charge in [0.1, 0.15) is 11.7 Å². The van der Waals surface area contributed by atoms with E-state index < -0.39 is 11.9 Å². The first-order chi connectivity index (χ1) is 8.49. The van der Waals surface area contributed by atoms with Crippen LogP contribution >= 0.6 is 0 Å². The average molecular weight is 244 g/mol. The van der Waals surface area contributed by atoms with Crippen LogP contribution in [-0.4, -0.2) is 21.0 Å². The van der Waals surface area contributed by atoms with Crippen LogP contribution in [0.1, 0.15) is 29.8 Å². The highest BCUT2D eigenvalue weighted by molar-refractivity contribution is 5.74. The van der Waals surface area contributed by atoms with E-state index in [0.717, 1.165) is 11.3 Å². The summed E-state index contributed by atoms with van der Waals surface area (Å²) in [7, 11) is 0. The molecule has 2 aromatic rings. The molecule has 1 unspecified atom stereocenters. The fourth-order valence-electron chi connectivity index (χ4n) is 1.73. The lowest BCUT2D eigenvalue weighted by molar-refractivity contribution is -0.138. The molecule has 0 saturated heterocycles. The Labute approximate surface area is 106 Å². The monoisotopic (exact) mass is 244 g/mol. The standard InChI is InChI=1S/C14H16N2O2/c1-8-4-5-11(6-9(8)2)12-7-15-13(16-12)10(3)14(17)18/h4-7,10H,1-3H3,(H,15,16)(H,17,18). The van der Waals surface area contributed by atoms with Gasteiger partial charge in [0, 0.05) is 0 Å². The van der Waals surface area contributed by atoms with Crippen LogP contribution in [-0.2, 0) is 4.79 Å². The van der Waals surface area contributed by atoms with Gasteiger partial charge in [-0.15, -0.1) is 0 Å². The molecule has 1 aromatic carbocycles. The number of nitrogens with one attached hydrogen (secondary N) is 1. The molecule has 0 amide bonds. The topological polar surface area (TPSA) is 66.0 Å². The number of rotatable bonds is 3. The number of aliphatic carboxylic acids is 1. The van der Waals surface area contributed by atoms with Gasteiger partial charge in [-0.2, -0.15) is 0 Å².